The normalized spacial score (nSPS) is 11.7. The molecule has 0 fully saturated rings. The molecule has 0 aliphatic carbocycles. The lowest BCUT2D eigenvalue weighted by molar-refractivity contribution is 0.0939. The second-order valence-corrected chi connectivity index (χ2v) is 5.86. The van der Waals surface area contributed by atoms with Crippen LogP contribution in [-0.4, -0.2) is 34.7 Å². The molecule has 3 rings (SSSR count). The molecule has 0 saturated heterocycles. The number of hydrogen-bond acceptors (Lipinski definition) is 5. The van der Waals surface area contributed by atoms with Gasteiger partial charge >= 0.3 is 0 Å². The van der Waals surface area contributed by atoms with E-state index in [0.29, 0.717) is 22.9 Å². The topological polar surface area (TPSA) is 98.2 Å². The fraction of sp³-hybridized carbons (Fsp3) is 0.211. The Labute approximate surface area is 155 Å². The van der Waals surface area contributed by atoms with Gasteiger partial charge in [-0.1, -0.05) is 0 Å². The van der Waals surface area contributed by atoms with Crippen molar-refractivity contribution >= 4 is 5.91 Å². The average molecular weight is 368 g/mol. The first-order valence-electron chi connectivity index (χ1n) is 8.22. The molecule has 0 spiro atoms. The standard InChI is InChI=1S/C19H20N4O4/c1-23-8-7-20-17(23)16(12-9-13(26-2)11-14(10-12)27-3)22-19(25)15-5-4-6-21-18(15)24/h4-11,16H,1-3H3,(H,21,24)(H,22,25)/t16-/m0/s1. The predicted molar refractivity (Wildman–Crippen MR) is 99.1 cm³/mol. The number of carbonyl (C=O) groups excluding carboxylic acids is 1. The molecule has 3 aromatic rings. The first-order valence-corrected chi connectivity index (χ1v) is 8.22. The second-order valence-electron chi connectivity index (χ2n) is 5.86. The quantitative estimate of drug-likeness (QED) is 0.689. The SMILES string of the molecule is COc1cc(OC)cc([C@H](NC(=O)c2ccc[nH]c2=O)c2nccn2C)c1. The molecule has 0 aliphatic rings. The summed E-state index contributed by atoms with van der Waals surface area (Å²) in [5.74, 6) is 1.25. The van der Waals surface area contributed by atoms with Crippen LogP contribution in [0.3, 0.4) is 0 Å². The van der Waals surface area contributed by atoms with Crippen LogP contribution in [0.5, 0.6) is 11.5 Å². The molecule has 2 N–H and O–H groups in total. The summed E-state index contributed by atoms with van der Waals surface area (Å²) in [6.07, 6.45) is 4.89. The summed E-state index contributed by atoms with van der Waals surface area (Å²) in [7, 11) is 4.93. The molecule has 140 valence electrons. The number of rotatable bonds is 6. The van der Waals surface area contributed by atoms with Gasteiger partial charge in [-0.05, 0) is 29.8 Å². The van der Waals surface area contributed by atoms with Crippen LogP contribution in [0.1, 0.15) is 27.8 Å². The molecule has 0 radical (unpaired) electrons. The van der Waals surface area contributed by atoms with Gasteiger partial charge in [0.2, 0.25) is 0 Å². The fourth-order valence-electron chi connectivity index (χ4n) is 2.76. The van der Waals surface area contributed by atoms with Gasteiger partial charge in [0.15, 0.2) is 0 Å². The van der Waals surface area contributed by atoms with Crippen LogP contribution < -0.4 is 20.3 Å². The van der Waals surface area contributed by atoms with E-state index in [9.17, 15) is 9.59 Å². The molecule has 0 saturated carbocycles. The van der Waals surface area contributed by atoms with Crippen LogP contribution in [0, 0.1) is 0 Å². The molecule has 8 nitrogen and oxygen atoms in total. The van der Waals surface area contributed by atoms with E-state index in [0.717, 1.165) is 0 Å². The lowest BCUT2D eigenvalue weighted by atomic mass is 10.0. The fourth-order valence-corrected chi connectivity index (χ4v) is 2.76. The Morgan fingerprint density at radius 3 is 2.48 bits per heavy atom. The maximum absolute atomic E-state index is 12.7. The summed E-state index contributed by atoms with van der Waals surface area (Å²) in [4.78, 5) is 31.5. The van der Waals surface area contributed by atoms with Gasteiger partial charge in [-0.2, -0.15) is 0 Å². The molecule has 0 aliphatic heterocycles. The molecule has 1 atom stereocenters. The molecule has 0 bridgehead atoms. The highest BCUT2D eigenvalue weighted by atomic mass is 16.5. The number of nitrogens with zero attached hydrogens (tertiary/aromatic N) is 2. The van der Waals surface area contributed by atoms with Crippen LogP contribution in [0.2, 0.25) is 0 Å². The first kappa shape index (κ1) is 18.2. The molecule has 2 heterocycles. The van der Waals surface area contributed by atoms with Gasteiger partial charge < -0.3 is 24.3 Å². The average Bonchev–Trinajstić information content (AvgIpc) is 3.11. The van der Waals surface area contributed by atoms with Crippen molar-refractivity contribution in [3.05, 3.63) is 76.2 Å². The zero-order valence-electron chi connectivity index (χ0n) is 15.2. The number of amides is 1. The van der Waals surface area contributed by atoms with Crippen molar-refractivity contribution in [1.29, 1.82) is 0 Å². The Kier molecular flexibility index (Phi) is 5.25. The van der Waals surface area contributed by atoms with E-state index in [1.807, 2.05) is 7.05 Å². The van der Waals surface area contributed by atoms with Crippen LogP contribution in [-0.2, 0) is 7.05 Å². The zero-order valence-corrected chi connectivity index (χ0v) is 15.2. The first-order chi connectivity index (χ1) is 13.0. The van der Waals surface area contributed by atoms with Crippen molar-refractivity contribution in [2.24, 2.45) is 7.05 Å². The third-order valence-corrected chi connectivity index (χ3v) is 4.16. The van der Waals surface area contributed by atoms with Crippen molar-refractivity contribution in [2.75, 3.05) is 14.2 Å². The highest BCUT2D eigenvalue weighted by molar-refractivity contribution is 5.94. The number of carbonyl (C=O) groups is 1. The van der Waals surface area contributed by atoms with Gasteiger partial charge in [-0.15, -0.1) is 0 Å². The maximum Gasteiger partial charge on any atom is 0.260 e. The van der Waals surface area contributed by atoms with Crippen molar-refractivity contribution in [2.45, 2.75) is 6.04 Å². The zero-order chi connectivity index (χ0) is 19.4. The van der Waals surface area contributed by atoms with Crippen LogP contribution in [0.4, 0.5) is 0 Å². The Morgan fingerprint density at radius 2 is 1.93 bits per heavy atom. The molecule has 27 heavy (non-hydrogen) atoms. The minimum absolute atomic E-state index is 0.0200. The Hall–Kier alpha value is -3.55. The number of ether oxygens (including phenoxy) is 2. The number of H-pyrrole nitrogens is 1. The van der Waals surface area contributed by atoms with Crippen molar-refractivity contribution in [3.8, 4) is 11.5 Å². The van der Waals surface area contributed by atoms with Crippen LogP contribution >= 0.6 is 0 Å². The summed E-state index contributed by atoms with van der Waals surface area (Å²) < 4.78 is 12.5. The molecule has 2 aromatic heterocycles. The minimum atomic E-state index is -0.610. The number of aryl methyl sites for hydroxylation is 1. The van der Waals surface area contributed by atoms with E-state index in [4.69, 9.17) is 9.47 Å². The largest absolute Gasteiger partial charge is 0.497 e. The van der Waals surface area contributed by atoms with Crippen molar-refractivity contribution < 1.29 is 14.3 Å². The number of benzene rings is 1. The minimum Gasteiger partial charge on any atom is -0.497 e. The summed E-state index contributed by atoms with van der Waals surface area (Å²) in [6, 6.07) is 7.77. The van der Waals surface area contributed by atoms with E-state index in [1.54, 1.807) is 55.4 Å². The Morgan fingerprint density at radius 1 is 1.22 bits per heavy atom. The number of aromatic amines is 1. The van der Waals surface area contributed by atoms with E-state index in [1.165, 1.54) is 12.3 Å². The predicted octanol–water partition coefficient (Wildman–Crippen LogP) is 1.64. The molecular formula is C19H20N4O4. The second kappa shape index (κ2) is 7.77. The van der Waals surface area contributed by atoms with E-state index in [-0.39, 0.29) is 5.56 Å². The van der Waals surface area contributed by atoms with Crippen LogP contribution in [0.15, 0.2) is 53.7 Å². The van der Waals surface area contributed by atoms with Crippen LogP contribution in [0.25, 0.3) is 0 Å². The third kappa shape index (κ3) is 3.84. The lowest BCUT2D eigenvalue weighted by Gasteiger charge is -2.20. The molecule has 1 aromatic carbocycles. The van der Waals surface area contributed by atoms with Gasteiger partial charge in [0.1, 0.15) is 28.9 Å². The highest BCUT2D eigenvalue weighted by Crippen LogP contribution is 2.29. The molecule has 8 heteroatoms. The van der Waals surface area contributed by atoms with Crippen molar-refractivity contribution in [1.82, 2.24) is 19.9 Å². The summed E-state index contributed by atoms with van der Waals surface area (Å²) >= 11 is 0. The lowest BCUT2D eigenvalue weighted by Crippen LogP contribution is -2.34. The van der Waals surface area contributed by atoms with Gasteiger partial charge in [0, 0.05) is 31.7 Å². The number of imidazole rings is 1. The Balaban J connectivity index is 2.05. The summed E-state index contributed by atoms with van der Waals surface area (Å²) in [5.41, 5.74) is 0.268. The molecular weight excluding hydrogens is 348 g/mol. The number of nitrogens with one attached hydrogen (secondary N) is 2. The van der Waals surface area contributed by atoms with E-state index >= 15 is 0 Å². The van der Waals surface area contributed by atoms with Crippen molar-refractivity contribution in [3.63, 3.8) is 0 Å². The molecule has 0 unspecified atom stereocenters. The smallest absolute Gasteiger partial charge is 0.260 e. The highest BCUT2D eigenvalue weighted by Gasteiger charge is 2.24. The number of hydrogen-bond donors (Lipinski definition) is 2. The van der Waals surface area contributed by atoms with Gasteiger partial charge in [-0.3, -0.25) is 9.59 Å². The summed E-state index contributed by atoms with van der Waals surface area (Å²) in [5, 5.41) is 2.88. The number of methoxy groups -OCH3 is 2. The number of pyridine rings is 1. The van der Waals surface area contributed by atoms with E-state index in [2.05, 4.69) is 15.3 Å². The van der Waals surface area contributed by atoms with Gasteiger partial charge in [0.25, 0.3) is 11.5 Å². The van der Waals surface area contributed by atoms with Gasteiger partial charge in [0.05, 0.1) is 14.2 Å². The maximum atomic E-state index is 12.7. The van der Waals surface area contributed by atoms with E-state index < -0.39 is 17.5 Å². The Bertz CT molecular complexity index is 986. The van der Waals surface area contributed by atoms with Gasteiger partial charge in [-0.25, -0.2) is 4.98 Å². The third-order valence-electron chi connectivity index (χ3n) is 4.16. The molecule has 1 amide bonds. The number of aromatic nitrogens is 3. The monoisotopic (exact) mass is 368 g/mol. The summed E-state index contributed by atoms with van der Waals surface area (Å²) in [6.45, 7) is 0.